The van der Waals surface area contributed by atoms with Crippen LogP contribution < -0.4 is 10.6 Å². The van der Waals surface area contributed by atoms with Crippen molar-refractivity contribution in [2.75, 3.05) is 26.2 Å². The van der Waals surface area contributed by atoms with Crippen LogP contribution in [0.1, 0.15) is 51.7 Å². The van der Waals surface area contributed by atoms with E-state index in [0.29, 0.717) is 19.1 Å². The molecule has 0 aliphatic carbocycles. The highest BCUT2D eigenvalue weighted by Crippen LogP contribution is 2.22. The van der Waals surface area contributed by atoms with Gasteiger partial charge in [0.25, 0.3) is 0 Å². The average Bonchev–Trinajstić information content (AvgIpc) is 3.07. The predicted molar refractivity (Wildman–Crippen MR) is 101 cm³/mol. The molecule has 0 spiro atoms. The molecule has 2 amide bonds. The van der Waals surface area contributed by atoms with Crippen LogP contribution in [0.4, 0.5) is 4.79 Å². The standard InChI is InChI=1S/C20H33N3O/c1-16(23-13-5-6-14-23)15-22-19(24)21-12-11-17-7-9-18(10-8-17)20(2,3)4/h7-10,16H,5-6,11-15H2,1-4H3,(H2,21,22,24). The van der Waals surface area contributed by atoms with Gasteiger partial charge in [0.15, 0.2) is 0 Å². The molecule has 0 radical (unpaired) electrons. The number of carbonyl (C=O) groups is 1. The second-order valence-electron chi connectivity index (χ2n) is 7.93. The molecule has 1 aliphatic rings. The Kier molecular flexibility index (Phi) is 6.67. The van der Waals surface area contributed by atoms with Crippen LogP contribution in [-0.4, -0.2) is 43.2 Å². The van der Waals surface area contributed by atoms with E-state index in [1.165, 1.54) is 24.0 Å². The maximum absolute atomic E-state index is 11.9. The first-order valence-electron chi connectivity index (χ1n) is 9.21. The summed E-state index contributed by atoms with van der Waals surface area (Å²) in [5.41, 5.74) is 2.78. The quantitative estimate of drug-likeness (QED) is 0.840. The van der Waals surface area contributed by atoms with Crippen LogP contribution in [-0.2, 0) is 11.8 Å². The van der Waals surface area contributed by atoms with Gasteiger partial charge >= 0.3 is 6.03 Å². The first kappa shape index (κ1) is 18.8. The molecule has 1 aliphatic heterocycles. The highest BCUT2D eigenvalue weighted by Gasteiger charge is 2.18. The fourth-order valence-electron chi connectivity index (χ4n) is 3.11. The number of hydrogen-bond acceptors (Lipinski definition) is 2. The Labute approximate surface area is 147 Å². The van der Waals surface area contributed by atoms with E-state index >= 15 is 0 Å². The molecule has 2 N–H and O–H groups in total. The van der Waals surface area contributed by atoms with Crippen LogP contribution in [0.5, 0.6) is 0 Å². The van der Waals surface area contributed by atoms with Gasteiger partial charge in [-0.15, -0.1) is 0 Å². The molecule has 1 unspecified atom stereocenters. The zero-order valence-electron chi connectivity index (χ0n) is 15.7. The monoisotopic (exact) mass is 331 g/mol. The van der Waals surface area contributed by atoms with Gasteiger partial charge in [-0.3, -0.25) is 4.90 Å². The van der Waals surface area contributed by atoms with E-state index in [1.54, 1.807) is 0 Å². The van der Waals surface area contributed by atoms with Crippen molar-refractivity contribution in [2.24, 2.45) is 0 Å². The van der Waals surface area contributed by atoms with Gasteiger partial charge in [0.2, 0.25) is 0 Å². The molecule has 1 saturated heterocycles. The first-order valence-corrected chi connectivity index (χ1v) is 9.21. The Hall–Kier alpha value is -1.55. The van der Waals surface area contributed by atoms with Crippen molar-refractivity contribution in [3.05, 3.63) is 35.4 Å². The second kappa shape index (κ2) is 8.52. The molecule has 0 bridgehead atoms. The van der Waals surface area contributed by atoms with E-state index in [-0.39, 0.29) is 11.4 Å². The Morgan fingerprint density at radius 2 is 1.75 bits per heavy atom. The van der Waals surface area contributed by atoms with Gasteiger partial charge < -0.3 is 10.6 Å². The molecule has 24 heavy (non-hydrogen) atoms. The van der Waals surface area contributed by atoms with E-state index in [1.807, 2.05) is 0 Å². The average molecular weight is 332 g/mol. The molecule has 1 aromatic rings. The molecule has 1 aromatic carbocycles. The second-order valence-corrected chi connectivity index (χ2v) is 7.93. The maximum atomic E-state index is 11.9. The van der Waals surface area contributed by atoms with Gasteiger partial charge in [0.1, 0.15) is 0 Å². The van der Waals surface area contributed by atoms with Crippen molar-refractivity contribution in [2.45, 2.75) is 58.4 Å². The van der Waals surface area contributed by atoms with Crippen LogP contribution >= 0.6 is 0 Å². The highest BCUT2D eigenvalue weighted by molar-refractivity contribution is 5.73. The number of nitrogens with zero attached hydrogens (tertiary/aromatic N) is 1. The van der Waals surface area contributed by atoms with Crippen LogP contribution in [0.3, 0.4) is 0 Å². The number of urea groups is 1. The summed E-state index contributed by atoms with van der Waals surface area (Å²) in [4.78, 5) is 14.3. The van der Waals surface area contributed by atoms with Gasteiger partial charge in [0, 0.05) is 19.1 Å². The molecular formula is C20H33N3O. The van der Waals surface area contributed by atoms with Gasteiger partial charge in [-0.25, -0.2) is 4.79 Å². The van der Waals surface area contributed by atoms with Crippen molar-refractivity contribution in [3.63, 3.8) is 0 Å². The normalized spacial score (nSPS) is 16.8. The molecule has 0 saturated carbocycles. The van der Waals surface area contributed by atoms with Crippen molar-refractivity contribution in [3.8, 4) is 0 Å². The van der Waals surface area contributed by atoms with Gasteiger partial charge in [-0.1, -0.05) is 45.0 Å². The minimum Gasteiger partial charge on any atom is -0.338 e. The molecule has 134 valence electrons. The highest BCUT2D eigenvalue weighted by atomic mass is 16.2. The summed E-state index contributed by atoms with van der Waals surface area (Å²) in [5.74, 6) is 0. The number of amides is 2. The number of hydrogen-bond donors (Lipinski definition) is 2. The van der Waals surface area contributed by atoms with Gasteiger partial charge in [-0.05, 0) is 55.8 Å². The summed E-state index contributed by atoms with van der Waals surface area (Å²) < 4.78 is 0. The number of benzene rings is 1. The van der Waals surface area contributed by atoms with Crippen LogP contribution in [0.15, 0.2) is 24.3 Å². The van der Waals surface area contributed by atoms with Crippen molar-refractivity contribution >= 4 is 6.03 Å². The lowest BCUT2D eigenvalue weighted by Gasteiger charge is -2.23. The molecular weight excluding hydrogens is 298 g/mol. The summed E-state index contributed by atoms with van der Waals surface area (Å²) in [6.07, 6.45) is 3.43. The molecule has 2 rings (SSSR count). The fourth-order valence-corrected chi connectivity index (χ4v) is 3.11. The molecule has 4 nitrogen and oxygen atoms in total. The number of nitrogens with one attached hydrogen (secondary N) is 2. The maximum Gasteiger partial charge on any atom is 0.314 e. The number of likely N-dealkylation sites (tertiary alicyclic amines) is 1. The Bertz CT molecular complexity index is 513. The zero-order chi connectivity index (χ0) is 17.6. The molecule has 4 heteroatoms. The summed E-state index contributed by atoms with van der Waals surface area (Å²) >= 11 is 0. The van der Waals surface area contributed by atoms with E-state index in [4.69, 9.17) is 0 Å². The summed E-state index contributed by atoms with van der Waals surface area (Å²) in [7, 11) is 0. The third-order valence-corrected chi connectivity index (χ3v) is 4.84. The SMILES string of the molecule is CC(CNC(=O)NCCc1ccc(C(C)(C)C)cc1)N1CCCC1. The molecule has 1 atom stereocenters. The minimum atomic E-state index is -0.0626. The first-order chi connectivity index (χ1) is 11.4. The third-order valence-electron chi connectivity index (χ3n) is 4.84. The van der Waals surface area contributed by atoms with Crippen molar-refractivity contribution in [1.29, 1.82) is 0 Å². The van der Waals surface area contributed by atoms with Crippen molar-refractivity contribution < 1.29 is 4.79 Å². The van der Waals surface area contributed by atoms with Crippen molar-refractivity contribution in [1.82, 2.24) is 15.5 Å². The van der Waals surface area contributed by atoms with E-state index in [2.05, 4.69) is 67.5 Å². The van der Waals surface area contributed by atoms with Gasteiger partial charge in [0.05, 0.1) is 0 Å². The smallest absolute Gasteiger partial charge is 0.314 e. The topological polar surface area (TPSA) is 44.4 Å². The lowest BCUT2D eigenvalue weighted by Crippen LogP contribution is -2.44. The Morgan fingerprint density at radius 3 is 2.33 bits per heavy atom. The summed E-state index contributed by atoms with van der Waals surface area (Å²) in [6, 6.07) is 9.06. The zero-order valence-corrected chi connectivity index (χ0v) is 15.7. The van der Waals surface area contributed by atoms with E-state index in [9.17, 15) is 4.79 Å². The Balaban J connectivity index is 1.65. The minimum absolute atomic E-state index is 0.0626. The molecule has 0 aromatic heterocycles. The lowest BCUT2D eigenvalue weighted by atomic mass is 9.86. The molecule has 1 heterocycles. The Morgan fingerprint density at radius 1 is 1.12 bits per heavy atom. The summed E-state index contributed by atoms with van der Waals surface area (Å²) in [6.45, 7) is 12.5. The number of carbonyl (C=O) groups excluding carboxylic acids is 1. The van der Waals surface area contributed by atoms with Crippen LogP contribution in [0.2, 0.25) is 0 Å². The number of rotatable bonds is 6. The fraction of sp³-hybridized carbons (Fsp3) is 0.650. The van der Waals surface area contributed by atoms with Crippen LogP contribution in [0, 0.1) is 0 Å². The largest absolute Gasteiger partial charge is 0.338 e. The van der Waals surface area contributed by atoms with E-state index in [0.717, 1.165) is 19.5 Å². The van der Waals surface area contributed by atoms with E-state index < -0.39 is 0 Å². The predicted octanol–water partition coefficient (Wildman–Crippen LogP) is 3.31. The van der Waals surface area contributed by atoms with Gasteiger partial charge in [-0.2, -0.15) is 0 Å². The lowest BCUT2D eigenvalue weighted by molar-refractivity contribution is 0.226. The molecule has 1 fully saturated rings. The van der Waals surface area contributed by atoms with Crippen LogP contribution in [0.25, 0.3) is 0 Å². The summed E-state index contributed by atoms with van der Waals surface area (Å²) in [5, 5.41) is 5.94. The third kappa shape index (κ3) is 5.82.